The number of carbonyl (C=O) groups is 6. The van der Waals surface area contributed by atoms with E-state index < -0.39 is 0 Å². The summed E-state index contributed by atoms with van der Waals surface area (Å²) in [5.41, 5.74) is 12.5. The zero-order valence-electron chi connectivity index (χ0n) is 68.4. The SMILES string of the molecule is CC([C@H](C)CCC(=O)OCCCCCC1SC[C@@H]2NC(=O)N[C@H]12)C1(C)CCC2[C@@H](CC[C@H]3C[C@H](OC(=O)Cn4cc(-c5ccc6c7ccc(-c8cn(CC(=O)O[C@@H]9CCC%10(C)C%11CCC%12(C)C([C@H](C)CCC(=O)OCCCCC[C@@H]%13SCC%14NC(=O)NC%14%13)CC[C@H]%12[C@@H]%11CC[C@@H]%10C9)nn8)cc7n(CCN)c6c5)nn4)CCC23C)C1. The van der Waals surface area contributed by atoms with Gasteiger partial charge in [0.25, 0.3) is 0 Å². The standard InChI is InChI=1S/C89H128N12O10S2/c1-53(16-28-78(102)108-40-12-8-10-14-76-82-72(51-112-76)91-84(106)93-82)55(3)86(4)34-32-67-58(46-86)18-21-59-44-61(30-35-87(59,67)5)110-80(104)49-99-47-70(95-97-99)56-19-23-63-64-24-20-57(43-75(64)101(39-38-90)74(63)42-56)71-48-100(98-96-71)50-81(105)111-62-31-36-88(6)60(45-62)22-25-65-68-27-26-66(89(68,7)37-33-69(65)88)54(2)17-29-79(103)109-41-13-9-11-15-77-83-73(52-113-77)92-85(107)94-83/h19-20,23-24,42-43,47-48,53-55,58-62,65-69,72-73,76-77,82-83H,8-18,21-22,25-41,44-46,49-52,90H2,1-7H3,(H2,91,93,106)(H2,92,94,107)/t53-,54-,55?,58+,59+,60-,61-,62-,65+,66?,67?,68+,69?,72+,73?,76?,77+,82+,83?,86?,87?,88?,89?/m1/s1. The lowest BCUT2D eigenvalue weighted by Gasteiger charge is -2.61. The Morgan fingerprint density at radius 3 is 1.66 bits per heavy atom. The Hall–Kier alpha value is -6.40. The third-order valence-electron chi connectivity index (χ3n) is 32.2. The third kappa shape index (κ3) is 16.7. The lowest BCUT2D eigenvalue weighted by Crippen LogP contribution is -2.54. The maximum atomic E-state index is 13.8. The van der Waals surface area contributed by atoms with Crippen molar-refractivity contribution in [2.45, 2.75) is 301 Å². The Morgan fingerprint density at radius 1 is 0.575 bits per heavy atom. The molecule has 7 aliphatic carbocycles. The molecule has 4 saturated heterocycles. The summed E-state index contributed by atoms with van der Waals surface area (Å²) in [5, 5.41) is 33.3. The first-order chi connectivity index (χ1) is 54.5. The molecule has 23 atom stereocenters. The third-order valence-corrected chi connectivity index (χ3v) is 35.2. The number of benzene rings is 2. The van der Waals surface area contributed by atoms with Crippen LogP contribution in [0.5, 0.6) is 0 Å². The lowest BCUT2D eigenvalue weighted by atomic mass is 9.44. The molecule has 6 N–H and O–H groups in total. The lowest BCUT2D eigenvalue weighted by molar-refractivity contribution is -0.163. The molecule has 4 amide bonds. The van der Waals surface area contributed by atoms with Crippen molar-refractivity contribution >= 4 is 81.3 Å². The highest BCUT2D eigenvalue weighted by atomic mass is 32.2. The van der Waals surface area contributed by atoms with Gasteiger partial charge in [-0.05, 0) is 247 Å². The summed E-state index contributed by atoms with van der Waals surface area (Å²) in [6.45, 7) is 19.4. The molecular formula is C89H128N12O10S2. The van der Waals surface area contributed by atoms with Crippen molar-refractivity contribution in [1.82, 2.24) is 55.8 Å². The van der Waals surface area contributed by atoms with Crippen molar-refractivity contribution in [2.24, 2.45) is 92.5 Å². The highest BCUT2D eigenvalue weighted by Crippen LogP contribution is 2.69. The van der Waals surface area contributed by atoms with Crippen LogP contribution in [0.4, 0.5) is 9.59 Å². The molecule has 616 valence electrons. The van der Waals surface area contributed by atoms with Crippen molar-refractivity contribution in [3.05, 3.63) is 48.8 Å². The van der Waals surface area contributed by atoms with Gasteiger partial charge in [0.05, 0.1) is 49.8 Å². The second-order valence-corrected chi connectivity index (χ2v) is 41.0. The molecule has 0 bridgehead atoms. The zero-order chi connectivity index (χ0) is 78.5. The van der Waals surface area contributed by atoms with E-state index in [9.17, 15) is 28.8 Å². The maximum Gasteiger partial charge on any atom is 0.328 e. The van der Waals surface area contributed by atoms with E-state index in [1.807, 2.05) is 35.9 Å². The van der Waals surface area contributed by atoms with Crippen LogP contribution < -0.4 is 27.0 Å². The summed E-state index contributed by atoms with van der Waals surface area (Å²) in [6, 6.07) is 13.6. The van der Waals surface area contributed by atoms with Crippen LogP contribution in [0.1, 0.15) is 235 Å². The van der Waals surface area contributed by atoms with Crippen molar-refractivity contribution in [1.29, 1.82) is 0 Å². The van der Waals surface area contributed by atoms with Crippen molar-refractivity contribution in [3.63, 3.8) is 0 Å². The molecule has 0 spiro atoms. The Balaban J connectivity index is 0.456. The highest BCUT2D eigenvalue weighted by Gasteiger charge is 2.62. The first kappa shape index (κ1) is 80.4. The van der Waals surface area contributed by atoms with Gasteiger partial charge in [-0.25, -0.2) is 19.0 Å². The number of nitrogens with one attached hydrogen (secondary N) is 4. The second kappa shape index (κ2) is 33.9. The Morgan fingerprint density at radius 2 is 1.10 bits per heavy atom. The molecule has 113 heavy (non-hydrogen) atoms. The summed E-state index contributed by atoms with van der Waals surface area (Å²) in [6.07, 6.45) is 33.7. The van der Waals surface area contributed by atoms with E-state index in [0.29, 0.717) is 120 Å². The molecule has 16 rings (SSSR count). The monoisotopic (exact) mass is 1590 g/mol. The smallest absolute Gasteiger partial charge is 0.328 e. The van der Waals surface area contributed by atoms with E-state index in [-0.39, 0.29) is 102 Å². The number of urea groups is 2. The molecule has 0 radical (unpaired) electrons. The van der Waals surface area contributed by atoms with Crippen LogP contribution in [0.15, 0.2) is 48.8 Å². The van der Waals surface area contributed by atoms with Gasteiger partial charge >= 0.3 is 35.9 Å². The van der Waals surface area contributed by atoms with Crippen molar-refractivity contribution in [2.75, 3.05) is 31.3 Å². The van der Waals surface area contributed by atoms with E-state index in [0.717, 1.165) is 159 Å². The number of esters is 4. The van der Waals surface area contributed by atoms with Crippen LogP contribution in [0.2, 0.25) is 0 Å². The predicted octanol–water partition coefficient (Wildman–Crippen LogP) is 15.8. The Labute approximate surface area is 677 Å². The highest BCUT2D eigenvalue weighted by molar-refractivity contribution is 8.00. The Bertz CT molecular complexity index is 4260. The van der Waals surface area contributed by atoms with Gasteiger partial charge in [0.2, 0.25) is 0 Å². The van der Waals surface area contributed by atoms with Gasteiger partial charge in [0, 0.05) is 80.9 Å². The first-order valence-electron chi connectivity index (χ1n) is 44.2. The molecule has 22 nitrogen and oxygen atoms in total. The largest absolute Gasteiger partial charge is 0.466 e. The molecule has 4 aliphatic heterocycles. The minimum atomic E-state index is -0.282. The van der Waals surface area contributed by atoms with E-state index in [4.69, 9.17) is 24.7 Å². The van der Waals surface area contributed by atoms with Crippen molar-refractivity contribution in [3.8, 4) is 22.5 Å². The van der Waals surface area contributed by atoms with Crippen LogP contribution in [0.25, 0.3) is 44.3 Å². The zero-order valence-corrected chi connectivity index (χ0v) is 70.0. The van der Waals surface area contributed by atoms with Crippen LogP contribution in [0.3, 0.4) is 0 Å². The number of nitrogens with two attached hydrogens (primary N) is 1. The molecule has 11 fully saturated rings. The fourth-order valence-corrected chi connectivity index (χ4v) is 28.8. The van der Waals surface area contributed by atoms with Crippen LogP contribution in [-0.2, 0) is 57.8 Å². The summed E-state index contributed by atoms with van der Waals surface area (Å²) >= 11 is 3.91. The number of unbranched alkanes of at least 4 members (excludes halogenated alkanes) is 4. The van der Waals surface area contributed by atoms with Crippen LogP contribution in [0, 0.1) is 86.8 Å². The molecule has 2 aromatic carbocycles. The fourth-order valence-electron chi connectivity index (χ4n) is 25.7. The molecular weight excluding hydrogens is 1460 g/mol. The minimum Gasteiger partial charge on any atom is -0.466 e. The number of rotatable bonds is 31. The van der Waals surface area contributed by atoms with E-state index in [1.54, 1.807) is 9.36 Å². The quantitative estimate of drug-likeness (QED) is 0.0119. The number of amides is 4. The molecule has 7 heterocycles. The number of aromatic nitrogens is 7. The topological polar surface area (TPSA) is 280 Å². The molecule has 24 heteroatoms. The molecule has 7 saturated carbocycles. The molecule has 11 aliphatic rings. The second-order valence-electron chi connectivity index (χ2n) is 38.4. The van der Waals surface area contributed by atoms with E-state index in [1.165, 1.54) is 70.6 Å². The van der Waals surface area contributed by atoms with Gasteiger partial charge in [-0.15, -0.1) is 10.2 Å². The molecule has 5 aromatic rings. The van der Waals surface area contributed by atoms with E-state index >= 15 is 0 Å². The number of nitrogens with zero attached hydrogens (tertiary/aromatic N) is 7. The fraction of sp³-hybridized carbons (Fsp3) is 0.753. The number of ether oxygens (including phenoxy) is 4. The molecule has 11 unspecified atom stereocenters. The van der Waals surface area contributed by atoms with Crippen LogP contribution >= 0.6 is 23.5 Å². The van der Waals surface area contributed by atoms with Gasteiger partial charge in [-0.3, -0.25) is 19.2 Å². The summed E-state index contributed by atoms with van der Waals surface area (Å²) < 4.78 is 29.6. The van der Waals surface area contributed by atoms with Gasteiger partial charge in [0.15, 0.2) is 0 Å². The Kier molecular flexibility index (Phi) is 24.1. The molecule has 3 aromatic heterocycles. The summed E-state index contributed by atoms with van der Waals surface area (Å²) in [4.78, 5) is 77.0. The normalized spacial score (nSPS) is 34.9. The predicted molar refractivity (Wildman–Crippen MR) is 441 cm³/mol. The summed E-state index contributed by atoms with van der Waals surface area (Å²) in [5.74, 6) is 7.91. The average Bonchev–Trinajstić information content (AvgIpc) is 1.71. The number of thioether (sulfide) groups is 2. The number of carbonyl (C=O) groups excluding carboxylic acids is 6. The van der Waals surface area contributed by atoms with E-state index in [2.05, 4.69) is 131 Å². The van der Waals surface area contributed by atoms with Crippen LogP contribution in [-0.4, -0.2) is 149 Å². The minimum absolute atomic E-state index is 0.00787. The van der Waals surface area contributed by atoms with Gasteiger partial charge < -0.3 is 50.5 Å². The number of hydrogen-bond donors (Lipinski definition) is 5. The number of hydrogen-bond acceptors (Lipinski definition) is 17. The summed E-state index contributed by atoms with van der Waals surface area (Å²) in [7, 11) is 0. The van der Waals surface area contributed by atoms with Gasteiger partial charge in [-0.2, -0.15) is 23.5 Å². The van der Waals surface area contributed by atoms with Gasteiger partial charge in [-0.1, -0.05) is 109 Å². The van der Waals surface area contributed by atoms with Crippen molar-refractivity contribution < 1.29 is 47.7 Å². The average molecular weight is 1590 g/mol. The van der Waals surface area contributed by atoms with Gasteiger partial charge in [0.1, 0.15) is 36.7 Å². The first-order valence-corrected chi connectivity index (χ1v) is 46.3. The number of fused-ring (bicyclic) bond motifs is 13. The maximum absolute atomic E-state index is 13.8.